The quantitative estimate of drug-likeness (QED) is 0.340. The number of halogens is 2. The number of amides is 2. The molecule has 0 radical (unpaired) electrons. The second-order valence-electron chi connectivity index (χ2n) is 9.28. The molecule has 2 fully saturated rings. The van der Waals surface area contributed by atoms with Gasteiger partial charge < -0.3 is 14.6 Å². The van der Waals surface area contributed by atoms with Crippen molar-refractivity contribution in [3.05, 3.63) is 71.8 Å². The normalized spacial score (nSPS) is 17.1. The van der Waals surface area contributed by atoms with E-state index in [9.17, 15) is 28.8 Å². The van der Waals surface area contributed by atoms with Crippen molar-refractivity contribution in [1.82, 2.24) is 9.80 Å². The molecule has 2 aliphatic rings. The summed E-state index contributed by atoms with van der Waals surface area (Å²) in [5.41, 5.74) is 1.83. The van der Waals surface area contributed by atoms with Gasteiger partial charge in [-0.05, 0) is 66.9 Å². The third kappa shape index (κ3) is 11.5. The van der Waals surface area contributed by atoms with Gasteiger partial charge in [-0.3, -0.25) is 24.2 Å². The van der Waals surface area contributed by atoms with E-state index >= 15 is 0 Å². The molecule has 2 aromatic carbocycles. The summed E-state index contributed by atoms with van der Waals surface area (Å²) in [5.74, 6) is -0.937. The average molecular weight is 623 g/mol. The van der Waals surface area contributed by atoms with E-state index in [0.29, 0.717) is 25.9 Å². The molecule has 42 heavy (non-hydrogen) atoms. The largest absolute Gasteiger partial charge is 0.480 e. The van der Waals surface area contributed by atoms with E-state index in [1.54, 1.807) is 0 Å². The van der Waals surface area contributed by atoms with Gasteiger partial charge >= 0.3 is 28.6 Å². The minimum atomic E-state index is -1.14. The minimum Gasteiger partial charge on any atom is -0.480 e. The number of ketones is 1. The fraction of sp³-hybridized carbons (Fsp3) is 0.379. The van der Waals surface area contributed by atoms with Crippen molar-refractivity contribution < 1.29 is 43.3 Å². The van der Waals surface area contributed by atoms with E-state index < -0.39 is 34.7 Å². The molecular formula is C29H32Cl2N2O9. The van der Waals surface area contributed by atoms with Crippen molar-refractivity contribution in [1.29, 1.82) is 0 Å². The van der Waals surface area contributed by atoms with Crippen molar-refractivity contribution in [2.24, 2.45) is 0 Å². The van der Waals surface area contributed by atoms with Gasteiger partial charge in [0.05, 0.1) is 6.04 Å². The number of carbonyl (C=O) groups excluding carboxylic acids is 5. The van der Waals surface area contributed by atoms with Gasteiger partial charge in [0.1, 0.15) is 19.3 Å². The average Bonchev–Trinajstić information content (AvgIpc) is 3.67. The Kier molecular flexibility index (Phi) is 14.5. The number of carbonyl (C=O) groups is 6. The number of rotatable bonds is 7. The molecular weight excluding hydrogens is 591 g/mol. The Morgan fingerprint density at radius 3 is 1.45 bits per heavy atom. The molecule has 0 aromatic heterocycles. The van der Waals surface area contributed by atoms with Crippen molar-refractivity contribution in [3.63, 3.8) is 0 Å². The monoisotopic (exact) mass is 622 g/mol. The highest BCUT2D eigenvalue weighted by Gasteiger charge is 2.35. The highest BCUT2D eigenvalue weighted by atomic mass is 35.5. The Hall–Kier alpha value is -3.96. The van der Waals surface area contributed by atoms with Gasteiger partial charge in [0.2, 0.25) is 0 Å². The summed E-state index contributed by atoms with van der Waals surface area (Å²) >= 11 is 8.98. The van der Waals surface area contributed by atoms with Crippen molar-refractivity contribution in [2.45, 2.75) is 57.9 Å². The predicted molar refractivity (Wildman–Crippen MR) is 153 cm³/mol. The number of likely N-dealkylation sites (tertiary alicyclic amines) is 2. The molecule has 2 saturated heterocycles. The van der Waals surface area contributed by atoms with Gasteiger partial charge in [-0.15, -0.1) is 0 Å². The lowest BCUT2D eigenvalue weighted by Crippen LogP contribution is -2.40. The number of hydrogen-bond donors (Lipinski definition) is 1. The highest BCUT2D eigenvalue weighted by Crippen LogP contribution is 2.20. The summed E-state index contributed by atoms with van der Waals surface area (Å²) in [6, 6.07) is 17.8. The zero-order valence-electron chi connectivity index (χ0n) is 22.9. The molecule has 2 aliphatic heterocycles. The van der Waals surface area contributed by atoms with Crippen LogP contribution < -0.4 is 0 Å². The zero-order valence-corrected chi connectivity index (χ0v) is 24.5. The van der Waals surface area contributed by atoms with Crippen molar-refractivity contribution in [3.8, 4) is 0 Å². The van der Waals surface area contributed by atoms with Crippen LogP contribution in [0.1, 0.15) is 43.7 Å². The number of carboxylic acids is 1. The van der Waals surface area contributed by atoms with Crippen LogP contribution in [0.3, 0.4) is 0 Å². The van der Waals surface area contributed by atoms with E-state index in [4.69, 9.17) is 14.6 Å². The van der Waals surface area contributed by atoms with Crippen LogP contribution in [0.15, 0.2) is 60.7 Å². The Morgan fingerprint density at radius 1 is 0.714 bits per heavy atom. The molecule has 2 aromatic rings. The van der Waals surface area contributed by atoms with Gasteiger partial charge in [0.15, 0.2) is 5.78 Å². The SMILES string of the molecule is CC(=O)[C@@H]1CCCN1C(=O)OCc1ccccc1.O=C(Cl)C(=O)Cl.O=C(O)[C@@H]1CCCN1C(=O)OCc1ccccc1. The number of nitrogens with zero attached hydrogens (tertiary/aromatic N) is 2. The number of carboxylic acid groups (broad SMARTS) is 1. The molecule has 226 valence electrons. The van der Waals surface area contributed by atoms with E-state index in [2.05, 4.69) is 23.2 Å². The molecule has 0 spiro atoms. The van der Waals surface area contributed by atoms with Gasteiger partial charge in [0.25, 0.3) is 0 Å². The lowest BCUT2D eigenvalue weighted by Gasteiger charge is -2.21. The summed E-state index contributed by atoms with van der Waals surface area (Å²) in [6.45, 7) is 3.00. The first-order valence-corrected chi connectivity index (χ1v) is 13.8. The third-order valence-electron chi connectivity index (χ3n) is 6.29. The summed E-state index contributed by atoms with van der Waals surface area (Å²) in [4.78, 5) is 67.7. The van der Waals surface area contributed by atoms with Crippen LogP contribution in [0.2, 0.25) is 0 Å². The summed E-state index contributed by atoms with van der Waals surface area (Å²) < 4.78 is 10.3. The Bertz CT molecular complexity index is 1130. The minimum absolute atomic E-state index is 0.0316. The first kappa shape index (κ1) is 34.2. The summed E-state index contributed by atoms with van der Waals surface area (Å²) in [7, 11) is 0. The second kappa shape index (κ2) is 17.8. The maximum atomic E-state index is 11.9. The molecule has 1 N–H and O–H groups in total. The molecule has 2 atom stereocenters. The van der Waals surface area contributed by atoms with E-state index in [-0.39, 0.29) is 25.0 Å². The fourth-order valence-corrected chi connectivity index (χ4v) is 4.25. The first-order chi connectivity index (χ1) is 20.0. The zero-order chi connectivity index (χ0) is 31.1. The van der Waals surface area contributed by atoms with E-state index in [0.717, 1.165) is 24.0 Å². The molecule has 4 rings (SSSR count). The van der Waals surface area contributed by atoms with Crippen LogP contribution in [-0.4, -0.2) is 74.5 Å². The second-order valence-corrected chi connectivity index (χ2v) is 9.97. The van der Waals surface area contributed by atoms with Crippen LogP contribution >= 0.6 is 23.2 Å². The fourth-order valence-electron chi connectivity index (χ4n) is 4.25. The molecule has 13 heteroatoms. The Morgan fingerprint density at radius 2 is 1.10 bits per heavy atom. The number of benzene rings is 2. The number of hydrogen-bond acceptors (Lipinski definition) is 8. The molecule has 0 unspecified atom stereocenters. The lowest BCUT2D eigenvalue weighted by molar-refractivity contribution is -0.141. The topological polar surface area (TPSA) is 148 Å². The summed E-state index contributed by atoms with van der Waals surface area (Å²) in [5, 5.41) is 6.68. The molecule has 2 amide bonds. The summed E-state index contributed by atoms with van der Waals surface area (Å²) in [6.07, 6.45) is 1.87. The maximum absolute atomic E-state index is 11.9. The van der Waals surface area contributed by atoms with Gasteiger partial charge in [0, 0.05) is 13.1 Å². The van der Waals surface area contributed by atoms with Gasteiger partial charge in [-0.2, -0.15) is 0 Å². The van der Waals surface area contributed by atoms with Crippen LogP contribution in [-0.2, 0) is 41.9 Å². The van der Waals surface area contributed by atoms with Gasteiger partial charge in [-0.25, -0.2) is 14.4 Å². The van der Waals surface area contributed by atoms with E-state index in [1.165, 1.54) is 16.7 Å². The third-order valence-corrected chi connectivity index (χ3v) is 6.73. The molecule has 0 saturated carbocycles. The van der Waals surface area contributed by atoms with Crippen LogP contribution in [0.25, 0.3) is 0 Å². The first-order valence-electron chi connectivity index (χ1n) is 13.1. The molecule has 0 aliphatic carbocycles. The van der Waals surface area contributed by atoms with Crippen LogP contribution in [0.4, 0.5) is 9.59 Å². The Labute approximate surface area is 253 Å². The number of ether oxygens (including phenoxy) is 2. The number of aliphatic carboxylic acids is 1. The highest BCUT2D eigenvalue weighted by molar-refractivity contribution is 6.97. The van der Waals surface area contributed by atoms with Gasteiger partial charge in [-0.1, -0.05) is 60.7 Å². The molecule has 2 heterocycles. The standard InChI is InChI=1S/C14H17NO3.C13H15NO4.C2Cl2O2/c1-11(16)13-8-5-9-15(13)14(17)18-10-12-6-3-2-4-7-12;15-12(16)11-7-4-8-14(11)13(17)18-9-10-5-2-1-3-6-10;3-1(5)2(4)6/h2-4,6-7,13H,5,8-10H2,1H3;1-3,5-6,11H,4,7-9H2,(H,15,16);/t13-;11-;/m00./s1. The van der Waals surface area contributed by atoms with Crippen LogP contribution in [0, 0.1) is 0 Å². The van der Waals surface area contributed by atoms with Crippen molar-refractivity contribution >= 4 is 57.6 Å². The van der Waals surface area contributed by atoms with Crippen LogP contribution in [0.5, 0.6) is 0 Å². The predicted octanol–water partition coefficient (Wildman–Crippen LogP) is 4.77. The number of Topliss-reactive ketones (excluding diaryl/α,β-unsaturated/α-hetero) is 1. The maximum Gasteiger partial charge on any atom is 0.410 e. The van der Waals surface area contributed by atoms with Crippen molar-refractivity contribution in [2.75, 3.05) is 13.1 Å². The Balaban J connectivity index is 0.000000247. The lowest BCUT2D eigenvalue weighted by atomic mass is 10.1. The smallest absolute Gasteiger partial charge is 0.410 e. The molecule has 11 nitrogen and oxygen atoms in total. The molecule has 0 bridgehead atoms. The van der Waals surface area contributed by atoms with E-state index in [1.807, 2.05) is 60.7 Å².